The van der Waals surface area contributed by atoms with Crippen molar-refractivity contribution in [3.8, 4) is 5.75 Å². The van der Waals surface area contributed by atoms with Crippen LogP contribution in [0.5, 0.6) is 5.75 Å². The van der Waals surface area contributed by atoms with Crippen LogP contribution in [0, 0.1) is 5.82 Å². The summed E-state index contributed by atoms with van der Waals surface area (Å²) in [6, 6.07) is 8.01. The largest absolute Gasteiger partial charge is 0.494 e. The molecule has 1 atom stereocenters. The average molecular weight is 326 g/mol. The van der Waals surface area contributed by atoms with Crippen molar-refractivity contribution >= 4 is 15.9 Å². The van der Waals surface area contributed by atoms with Gasteiger partial charge in [-0.15, -0.1) is 0 Å². The summed E-state index contributed by atoms with van der Waals surface area (Å²) in [6.07, 6.45) is 1.29. The minimum atomic E-state index is -0.747. The summed E-state index contributed by atoms with van der Waals surface area (Å²) < 4.78 is 19.1. The molecule has 2 aromatic rings. The zero-order chi connectivity index (χ0) is 13.8. The molecule has 1 heterocycles. The zero-order valence-electron chi connectivity index (χ0n) is 10.3. The number of aromatic nitrogens is 1. The quantitative estimate of drug-likeness (QED) is 0.938. The summed E-state index contributed by atoms with van der Waals surface area (Å²) >= 11 is 3.30. The number of aliphatic hydroxyl groups excluding tert-OH is 1. The van der Waals surface area contributed by atoms with Gasteiger partial charge in [-0.1, -0.05) is 6.07 Å². The van der Waals surface area contributed by atoms with Gasteiger partial charge in [0, 0.05) is 22.8 Å². The van der Waals surface area contributed by atoms with Gasteiger partial charge in [-0.3, -0.25) is 4.98 Å². The molecule has 3 nitrogen and oxygen atoms in total. The van der Waals surface area contributed by atoms with Crippen LogP contribution in [0.15, 0.2) is 41.0 Å². The highest BCUT2D eigenvalue weighted by atomic mass is 79.9. The molecule has 0 aliphatic rings. The topological polar surface area (TPSA) is 42.4 Å². The summed E-state index contributed by atoms with van der Waals surface area (Å²) in [5.41, 5.74) is 1.36. The van der Waals surface area contributed by atoms with E-state index in [2.05, 4.69) is 20.9 Å². The van der Waals surface area contributed by atoms with E-state index in [0.29, 0.717) is 12.0 Å². The maximum atomic E-state index is 13.3. The Balaban J connectivity index is 2.15. The molecule has 0 fully saturated rings. The molecule has 0 aliphatic heterocycles. The van der Waals surface area contributed by atoms with Gasteiger partial charge in [0.05, 0.1) is 13.2 Å². The van der Waals surface area contributed by atoms with E-state index >= 15 is 0 Å². The van der Waals surface area contributed by atoms with Gasteiger partial charge < -0.3 is 9.84 Å². The van der Waals surface area contributed by atoms with Gasteiger partial charge in [-0.2, -0.15) is 0 Å². The first-order valence-electron chi connectivity index (χ1n) is 5.72. The summed E-state index contributed by atoms with van der Waals surface area (Å²) in [5, 5.41) is 10.1. The summed E-state index contributed by atoms with van der Waals surface area (Å²) in [4.78, 5) is 4.19. The highest BCUT2D eigenvalue weighted by Crippen LogP contribution is 2.24. The Labute approximate surface area is 119 Å². The monoisotopic (exact) mass is 325 g/mol. The van der Waals surface area contributed by atoms with Crippen LogP contribution in [-0.4, -0.2) is 17.2 Å². The summed E-state index contributed by atoms with van der Waals surface area (Å²) in [5.74, 6) is -0.319. The number of nitrogens with zero attached hydrogens (tertiary/aromatic N) is 1. The fourth-order valence-electron chi connectivity index (χ4n) is 1.73. The third-order valence-electron chi connectivity index (χ3n) is 2.75. The number of methoxy groups -OCH3 is 1. The molecule has 0 radical (unpaired) electrons. The van der Waals surface area contributed by atoms with Crippen molar-refractivity contribution in [3.05, 3.63) is 58.1 Å². The number of hydrogen-bond donors (Lipinski definition) is 1. The molecule has 2 rings (SSSR count). The molecule has 1 aromatic carbocycles. The fraction of sp³-hybridized carbons (Fsp3) is 0.214. The molecular formula is C14H13BrFNO2. The van der Waals surface area contributed by atoms with Gasteiger partial charge in [0.2, 0.25) is 0 Å². The lowest BCUT2D eigenvalue weighted by Crippen LogP contribution is -2.04. The first-order valence-corrected chi connectivity index (χ1v) is 6.51. The van der Waals surface area contributed by atoms with Gasteiger partial charge in [0.25, 0.3) is 0 Å². The SMILES string of the molecule is COc1cc(C(O)Cc2ccc(Br)cn2)ccc1F. The number of hydrogen-bond acceptors (Lipinski definition) is 3. The highest BCUT2D eigenvalue weighted by molar-refractivity contribution is 9.10. The Kier molecular flexibility index (Phi) is 4.50. The molecule has 0 amide bonds. The lowest BCUT2D eigenvalue weighted by atomic mass is 10.0. The Morgan fingerprint density at radius 2 is 2.16 bits per heavy atom. The second kappa shape index (κ2) is 6.12. The molecule has 0 spiro atoms. The Morgan fingerprint density at radius 3 is 2.79 bits per heavy atom. The maximum absolute atomic E-state index is 13.3. The number of rotatable bonds is 4. The van der Waals surface area contributed by atoms with Crippen LogP contribution in [0.25, 0.3) is 0 Å². The van der Waals surface area contributed by atoms with Crippen LogP contribution in [0.4, 0.5) is 4.39 Å². The third-order valence-corrected chi connectivity index (χ3v) is 3.22. The second-order valence-electron chi connectivity index (χ2n) is 4.08. The van der Waals surface area contributed by atoms with E-state index in [9.17, 15) is 9.50 Å². The van der Waals surface area contributed by atoms with Crippen molar-refractivity contribution in [1.82, 2.24) is 4.98 Å². The van der Waals surface area contributed by atoms with Crippen molar-refractivity contribution in [2.45, 2.75) is 12.5 Å². The highest BCUT2D eigenvalue weighted by Gasteiger charge is 2.12. The number of pyridine rings is 1. The molecule has 0 bridgehead atoms. The van der Waals surface area contributed by atoms with E-state index in [1.165, 1.54) is 19.2 Å². The molecule has 0 saturated carbocycles. The minimum Gasteiger partial charge on any atom is -0.494 e. The standard InChI is InChI=1S/C14H13BrFNO2/c1-19-14-6-9(2-5-12(14)16)13(18)7-11-4-3-10(15)8-17-11/h2-6,8,13,18H,7H2,1H3. The molecule has 5 heteroatoms. The number of halogens is 2. The first kappa shape index (κ1) is 14.0. The number of benzene rings is 1. The molecule has 1 N–H and O–H groups in total. The zero-order valence-corrected chi connectivity index (χ0v) is 11.9. The molecule has 19 heavy (non-hydrogen) atoms. The molecule has 1 unspecified atom stereocenters. The third kappa shape index (κ3) is 3.52. The van der Waals surface area contributed by atoms with E-state index in [1.807, 2.05) is 12.1 Å². The molecule has 0 saturated heterocycles. The summed E-state index contributed by atoms with van der Waals surface area (Å²) in [6.45, 7) is 0. The molecule has 1 aromatic heterocycles. The van der Waals surface area contributed by atoms with Crippen LogP contribution in [0.3, 0.4) is 0 Å². The predicted octanol–water partition coefficient (Wildman–Crippen LogP) is 3.27. The van der Waals surface area contributed by atoms with E-state index < -0.39 is 11.9 Å². The Hall–Kier alpha value is -1.46. The van der Waals surface area contributed by atoms with Gasteiger partial charge in [0.15, 0.2) is 11.6 Å². The Bertz CT molecular complexity index is 560. The van der Waals surface area contributed by atoms with Crippen molar-refractivity contribution in [1.29, 1.82) is 0 Å². The van der Waals surface area contributed by atoms with E-state index in [1.54, 1.807) is 12.3 Å². The van der Waals surface area contributed by atoms with E-state index in [4.69, 9.17) is 4.74 Å². The normalized spacial score (nSPS) is 12.2. The van der Waals surface area contributed by atoms with Gasteiger partial charge >= 0.3 is 0 Å². The maximum Gasteiger partial charge on any atom is 0.165 e. The van der Waals surface area contributed by atoms with Crippen LogP contribution >= 0.6 is 15.9 Å². The van der Waals surface area contributed by atoms with Gasteiger partial charge in [-0.25, -0.2) is 4.39 Å². The molecular weight excluding hydrogens is 313 g/mol. The minimum absolute atomic E-state index is 0.125. The number of aliphatic hydroxyl groups is 1. The van der Waals surface area contributed by atoms with Crippen LogP contribution in [0.1, 0.15) is 17.4 Å². The van der Waals surface area contributed by atoms with E-state index in [0.717, 1.165) is 10.2 Å². The van der Waals surface area contributed by atoms with E-state index in [-0.39, 0.29) is 5.75 Å². The van der Waals surface area contributed by atoms with Crippen LogP contribution in [0.2, 0.25) is 0 Å². The Morgan fingerprint density at radius 1 is 1.37 bits per heavy atom. The predicted molar refractivity (Wildman–Crippen MR) is 73.6 cm³/mol. The lowest BCUT2D eigenvalue weighted by molar-refractivity contribution is 0.176. The second-order valence-corrected chi connectivity index (χ2v) is 5.00. The smallest absolute Gasteiger partial charge is 0.165 e. The fourth-order valence-corrected chi connectivity index (χ4v) is 1.96. The average Bonchev–Trinajstić information content (AvgIpc) is 2.42. The van der Waals surface area contributed by atoms with Crippen molar-refractivity contribution in [2.75, 3.05) is 7.11 Å². The van der Waals surface area contributed by atoms with Gasteiger partial charge in [-0.05, 0) is 45.8 Å². The first-order chi connectivity index (χ1) is 9.10. The van der Waals surface area contributed by atoms with Crippen molar-refractivity contribution < 1.29 is 14.2 Å². The van der Waals surface area contributed by atoms with Crippen molar-refractivity contribution in [3.63, 3.8) is 0 Å². The van der Waals surface area contributed by atoms with Crippen LogP contribution < -0.4 is 4.74 Å². The summed E-state index contributed by atoms with van der Waals surface area (Å²) in [7, 11) is 1.39. The molecule has 100 valence electrons. The van der Waals surface area contributed by atoms with Gasteiger partial charge in [0.1, 0.15) is 0 Å². The van der Waals surface area contributed by atoms with Crippen LogP contribution in [-0.2, 0) is 6.42 Å². The lowest BCUT2D eigenvalue weighted by Gasteiger charge is -2.12. The molecule has 0 aliphatic carbocycles. The van der Waals surface area contributed by atoms with Crippen molar-refractivity contribution in [2.24, 2.45) is 0 Å². The number of ether oxygens (including phenoxy) is 1.